The molecule has 2 aliphatic heterocycles. The highest BCUT2D eigenvalue weighted by Gasteiger charge is 2.44. The molecule has 2 aromatic carbocycles. The van der Waals surface area contributed by atoms with Gasteiger partial charge in [0.25, 0.3) is 5.91 Å². The second kappa shape index (κ2) is 12.7. The number of ether oxygens (including phenoxy) is 2. The largest absolute Gasteiger partial charge is 0.490 e. The maximum absolute atomic E-state index is 13.6. The number of carbonyl (C=O) groups excluding carboxylic acids is 1. The van der Waals surface area contributed by atoms with Crippen LogP contribution >= 0.6 is 11.6 Å². The molecule has 6 atom stereocenters. The van der Waals surface area contributed by atoms with E-state index in [-0.39, 0.29) is 41.8 Å². The van der Waals surface area contributed by atoms with Crippen molar-refractivity contribution in [2.24, 2.45) is 17.8 Å². The van der Waals surface area contributed by atoms with Gasteiger partial charge in [-0.3, -0.25) is 4.79 Å². The van der Waals surface area contributed by atoms with Gasteiger partial charge in [0.2, 0.25) is 10.0 Å². The smallest absolute Gasteiger partial charge is 0.264 e. The Morgan fingerprint density at radius 3 is 2.82 bits per heavy atom. The third-order valence-corrected chi connectivity index (χ3v) is 12.6. The van der Waals surface area contributed by atoms with E-state index in [2.05, 4.69) is 21.8 Å². The van der Waals surface area contributed by atoms with Crippen LogP contribution in [0.15, 0.2) is 48.6 Å². The van der Waals surface area contributed by atoms with E-state index >= 15 is 0 Å². The molecule has 1 saturated carbocycles. The van der Waals surface area contributed by atoms with Gasteiger partial charge in [0, 0.05) is 42.8 Å². The molecule has 0 unspecified atom stereocenters. The summed E-state index contributed by atoms with van der Waals surface area (Å²) in [5.74, 6) is 0.105. The minimum absolute atomic E-state index is 0.106. The van der Waals surface area contributed by atoms with E-state index in [1.807, 2.05) is 25.1 Å². The number of halogens is 1. The fraction of sp³-hybridized carbons (Fsp3) is 0.559. The van der Waals surface area contributed by atoms with Crippen LogP contribution in [0.3, 0.4) is 0 Å². The average Bonchev–Trinajstić information content (AvgIpc) is 3.11. The summed E-state index contributed by atoms with van der Waals surface area (Å²) in [6.07, 6.45) is 8.72. The van der Waals surface area contributed by atoms with E-state index in [1.54, 1.807) is 18.2 Å². The third kappa shape index (κ3) is 6.13. The zero-order valence-electron chi connectivity index (χ0n) is 25.5. The summed E-state index contributed by atoms with van der Waals surface area (Å²) in [6, 6.07) is 11.4. The highest BCUT2D eigenvalue weighted by atomic mass is 35.5. The quantitative estimate of drug-likeness (QED) is 0.440. The number of carbonyl (C=O) groups is 1. The second-order valence-electron chi connectivity index (χ2n) is 13.2. The number of methoxy groups -OCH3 is 1. The van der Waals surface area contributed by atoms with E-state index in [1.165, 1.54) is 18.2 Å². The summed E-state index contributed by atoms with van der Waals surface area (Å²) in [5, 5.41) is 11.1. The number of nitrogens with one attached hydrogen (secondary N) is 1. The maximum atomic E-state index is 13.6. The first-order valence-electron chi connectivity index (χ1n) is 15.8. The molecule has 8 nitrogen and oxygen atoms in total. The minimum Gasteiger partial charge on any atom is -0.490 e. The van der Waals surface area contributed by atoms with Crippen LogP contribution in [0.1, 0.15) is 66.9 Å². The Hall–Kier alpha value is -2.59. The Balaban J connectivity index is 1.41. The SMILES string of the molecule is COCC[C@@H]1[C@@H](C)C/C=C\[C@H](O)[C@@H]2CC[C@H]2CN2C[C@@]3(CCCc4cc(Cl)ccc43)COc3ccc(cc32)C(=O)NS1(=O)=O. The Bertz CT molecular complexity index is 1530. The molecular formula is C34H43ClN2O6S. The Morgan fingerprint density at radius 1 is 1.20 bits per heavy atom. The van der Waals surface area contributed by atoms with E-state index in [0.717, 1.165) is 42.8 Å². The van der Waals surface area contributed by atoms with Crippen molar-refractivity contribution in [3.05, 3.63) is 70.3 Å². The number of amides is 1. The van der Waals surface area contributed by atoms with Gasteiger partial charge in [-0.15, -0.1) is 0 Å². The van der Waals surface area contributed by atoms with Gasteiger partial charge in [-0.1, -0.05) is 36.7 Å². The average molecular weight is 643 g/mol. The molecule has 0 saturated heterocycles. The minimum atomic E-state index is -4.02. The number of aryl methyl sites for hydroxylation is 1. The molecule has 44 heavy (non-hydrogen) atoms. The molecule has 2 bridgehead atoms. The van der Waals surface area contributed by atoms with Gasteiger partial charge < -0.3 is 19.5 Å². The number of sulfonamides is 1. The number of fused-ring (bicyclic) bond motifs is 4. The maximum Gasteiger partial charge on any atom is 0.264 e. The third-order valence-electron chi connectivity index (χ3n) is 10.4. The standard InChI is InChI=1S/C34H43ClN2O6S/c1-22-5-3-7-30(38)27-11-8-25(27)19-37-20-34(15-4-6-23-17-26(35)10-12-28(23)34)21-43-31-13-9-24(18-29(31)37)33(39)36-44(40,41)32(22)14-16-42-2/h3,7,9-10,12-13,17-18,22,25,27,30,32,38H,4-6,8,11,14-16,19-21H2,1-2H3,(H,36,39)/b7-3-/t22-,25-,27+,30-,32+,34-/m0/s1. The molecule has 1 amide bonds. The molecule has 2 aromatic rings. The zero-order valence-corrected chi connectivity index (χ0v) is 27.1. The predicted molar refractivity (Wildman–Crippen MR) is 172 cm³/mol. The van der Waals surface area contributed by atoms with Crippen LogP contribution < -0.4 is 14.4 Å². The Morgan fingerprint density at radius 2 is 2.05 bits per heavy atom. The van der Waals surface area contributed by atoms with Crippen LogP contribution in [0, 0.1) is 17.8 Å². The molecule has 1 spiro atoms. The number of hydrogen-bond acceptors (Lipinski definition) is 7. The van der Waals surface area contributed by atoms with Gasteiger partial charge in [-0.25, -0.2) is 13.1 Å². The summed E-state index contributed by atoms with van der Waals surface area (Å²) in [5.41, 5.74) is 3.27. The molecule has 6 rings (SSSR count). The van der Waals surface area contributed by atoms with Gasteiger partial charge in [0.05, 0.1) is 23.6 Å². The van der Waals surface area contributed by atoms with Gasteiger partial charge in [0.15, 0.2) is 0 Å². The van der Waals surface area contributed by atoms with Crippen LogP contribution in [0.4, 0.5) is 5.69 Å². The van der Waals surface area contributed by atoms with Crippen LogP contribution in [-0.4, -0.2) is 64.2 Å². The van der Waals surface area contributed by atoms with Gasteiger partial charge >= 0.3 is 0 Å². The number of anilines is 1. The molecule has 0 aromatic heterocycles. The van der Waals surface area contributed by atoms with Crippen LogP contribution in [-0.2, 0) is 26.6 Å². The van der Waals surface area contributed by atoms with E-state index in [0.29, 0.717) is 31.9 Å². The van der Waals surface area contributed by atoms with E-state index < -0.39 is 27.3 Å². The van der Waals surface area contributed by atoms with Crippen LogP contribution in [0.5, 0.6) is 5.75 Å². The molecule has 238 valence electrons. The van der Waals surface area contributed by atoms with Crippen molar-refractivity contribution in [2.45, 2.75) is 68.6 Å². The first kappa shape index (κ1) is 31.4. The van der Waals surface area contributed by atoms with Crippen LogP contribution in [0.2, 0.25) is 5.02 Å². The van der Waals surface area contributed by atoms with Gasteiger partial charge in [0.1, 0.15) is 5.75 Å². The predicted octanol–water partition coefficient (Wildman–Crippen LogP) is 5.26. The lowest BCUT2D eigenvalue weighted by Crippen LogP contribution is -2.49. The van der Waals surface area contributed by atoms with Gasteiger partial charge in [-0.2, -0.15) is 0 Å². The van der Waals surface area contributed by atoms with E-state index in [9.17, 15) is 18.3 Å². The van der Waals surface area contributed by atoms with Gasteiger partial charge in [-0.05, 0) is 104 Å². The summed E-state index contributed by atoms with van der Waals surface area (Å²) in [7, 11) is -2.49. The van der Waals surface area contributed by atoms with Crippen molar-refractivity contribution in [1.82, 2.24) is 4.72 Å². The lowest BCUT2D eigenvalue weighted by molar-refractivity contribution is 0.0455. The van der Waals surface area contributed by atoms with Crippen LogP contribution in [0.25, 0.3) is 0 Å². The Kier molecular flexibility index (Phi) is 9.03. The molecule has 0 radical (unpaired) electrons. The Labute approximate surface area is 265 Å². The second-order valence-corrected chi connectivity index (χ2v) is 15.6. The fourth-order valence-corrected chi connectivity index (χ4v) is 9.63. The number of allylic oxidation sites excluding steroid dienone is 1. The number of aliphatic hydroxyl groups is 1. The molecular weight excluding hydrogens is 600 g/mol. The highest BCUT2D eigenvalue weighted by molar-refractivity contribution is 7.90. The van der Waals surface area contributed by atoms with Crippen molar-refractivity contribution in [1.29, 1.82) is 0 Å². The monoisotopic (exact) mass is 642 g/mol. The topological polar surface area (TPSA) is 105 Å². The molecule has 2 aliphatic carbocycles. The molecule has 2 heterocycles. The summed E-state index contributed by atoms with van der Waals surface area (Å²) < 4.78 is 41.3. The number of aliphatic hydroxyl groups excluding tert-OH is 1. The van der Waals surface area contributed by atoms with Crippen molar-refractivity contribution in [3.63, 3.8) is 0 Å². The first-order chi connectivity index (χ1) is 21.1. The molecule has 1 fully saturated rings. The summed E-state index contributed by atoms with van der Waals surface area (Å²) in [6.45, 7) is 3.99. The lowest BCUT2D eigenvalue weighted by Gasteiger charge is -2.45. The number of hydrogen-bond donors (Lipinski definition) is 2. The summed E-state index contributed by atoms with van der Waals surface area (Å²) >= 11 is 6.40. The van der Waals surface area contributed by atoms with Crippen molar-refractivity contribution in [3.8, 4) is 5.75 Å². The number of benzene rings is 2. The first-order valence-corrected chi connectivity index (χ1v) is 17.7. The number of nitrogens with zero attached hydrogens (tertiary/aromatic N) is 1. The van der Waals surface area contributed by atoms with Crippen molar-refractivity contribution in [2.75, 3.05) is 38.3 Å². The lowest BCUT2D eigenvalue weighted by atomic mass is 9.68. The van der Waals surface area contributed by atoms with Crippen molar-refractivity contribution >= 4 is 33.2 Å². The zero-order chi connectivity index (χ0) is 31.1. The summed E-state index contributed by atoms with van der Waals surface area (Å²) in [4.78, 5) is 15.9. The highest BCUT2D eigenvalue weighted by Crippen LogP contribution is 2.46. The van der Waals surface area contributed by atoms with E-state index in [4.69, 9.17) is 21.1 Å². The molecule has 4 aliphatic rings. The van der Waals surface area contributed by atoms with Crippen molar-refractivity contribution < 1.29 is 27.8 Å². The normalized spacial score (nSPS) is 32.3. The fourth-order valence-electron chi connectivity index (χ4n) is 7.78. The molecule has 2 N–H and O–H groups in total. The molecule has 10 heteroatoms. The number of rotatable bonds is 3.